The van der Waals surface area contributed by atoms with Crippen LogP contribution in [0.4, 0.5) is 5.69 Å². The van der Waals surface area contributed by atoms with Crippen LogP contribution >= 0.6 is 11.8 Å². The van der Waals surface area contributed by atoms with E-state index in [-0.39, 0.29) is 0 Å². The van der Waals surface area contributed by atoms with Gasteiger partial charge in [-0.05, 0) is 48.5 Å². The zero-order valence-corrected chi connectivity index (χ0v) is 17.9. The Morgan fingerprint density at radius 3 is 2.70 bits per heavy atom. The molecule has 3 aliphatic heterocycles. The highest BCUT2D eigenvalue weighted by molar-refractivity contribution is 8.13. The molecular weight excluding hydrogens is 404 g/mol. The summed E-state index contributed by atoms with van der Waals surface area (Å²) in [6, 6.07) is 11.4. The molecule has 0 unspecified atom stereocenters. The van der Waals surface area contributed by atoms with E-state index in [0.29, 0.717) is 25.5 Å². The molecule has 8 heteroatoms. The fraction of sp³-hybridized carbons (Fsp3) is 0.409. The monoisotopic (exact) mass is 429 g/mol. The number of thioether (sulfide) groups is 1. The summed E-state index contributed by atoms with van der Waals surface area (Å²) in [4.78, 5) is 2.13. The number of amidine groups is 1. The third-order valence-corrected chi connectivity index (χ3v) is 6.92. The smallest absolute Gasteiger partial charge is 0.316 e. The lowest BCUT2D eigenvalue weighted by Crippen LogP contribution is -2.41. The van der Waals surface area contributed by atoms with Crippen molar-refractivity contribution in [1.82, 2.24) is 0 Å². The first-order valence-corrected chi connectivity index (χ1v) is 11.0. The van der Waals surface area contributed by atoms with E-state index < -0.39 is 5.72 Å². The van der Waals surface area contributed by atoms with Crippen molar-refractivity contribution < 1.29 is 28.6 Å². The van der Waals surface area contributed by atoms with Gasteiger partial charge in [-0.1, -0.05) is 0 Å². The lowest BCUT2D eigenvalue weighted by atomic mass is 10.0. The highest BCUT2D eigenvalue weighted by Crippen LogP contribution is 2.43. The number of anilines is 1. The Labute approximate surface area is 179 Å². The average molecular weight is 430 g/mol. The predicted molar refractivity (Wildman–Crippen MR) is 115 cm³/mol. The Hall–Kier alpha value is -2.58. The van der Waals surface area contributed by atoms with E-state index in [4.69, 9.17) is 18.9 Å². The van der Waals surface area contributed by atoms with Crippen molar-refractivity contribution in [2.24, 2.45) is 0 Å². The van der Waals surface area contributed by atoms with Gasteiger partial charge in [0.1, 0.15) is 19.0 Å². The molecule has 3 heterocycles. The van der Waals surface area contributed by atoms with Crippen LogP contribution in [0.3, 0.4) is 0 Å². The van der Waals surface area contributed by atoms with E-state index in [2.05, 4.69) is 9.48 Å². The van der Waals surface area contributed by atoms with Gasteiger partial charge in [-0.25, -0.2) is 9.48 Å². The second-order valence-corrected chi connectivity index (χ2v) is 8.50. The summed E-state index contributed by atoms with van der Waals surface area (Å²) in [6.07, 6.45) is 1.00. The summed E-state index contributed by atoms with van der Waals surface area (Å²) < 4.78 is 24.6. The molecule has 7 nitrogen and oxygen atoms in total. The van der Waals surface area contributed by atoms with Crippen LogP contribution in [0, 0.1) is 0 Å². The van der Waals surface area contributed by atoms with Crippen molar-refractivity contribution in [3.63, 3.8) is 0 Å². The van der Waals surface area contributed by atoms with Gasteiger partial charge in [0.2, 0.25) is 0 Å². The molecule has 0 aliphatic carbocycles. The SMILES string of the molecule is COc1ccc(OC)c(N2C[C@@](O)(c3ccc4c(c3)OCCO4)[N+]3=C2SCCC3)c1. The Bertz CT molecular complexity index is 1010. The first kappa shape index (κ1) is 19.4. The minimum atomic E-state index is -1.19. The fourth-order valence-electron chi connectivity index (χ4n) is 4.24. The summed E-state index contributed by atoms with van der Waals surface area (Å²) in [5.74, 6) is 3.88. The van der Waals surface area contributed by atoms with Crippen molar-refractivity contribution in [2.45, 2.75) is 12.1 Å². The van der Waals surface area contributed by atoms with Gasteiger partial charge in [0.25, 0.3) is 5.72 Å². The van der Waals surface area contributed by atoms with Crippen LogP contribution in [0.5, 0.6) is 23.0 Å². The molecule has 0 aromatic heterocycles. The van der Waals surface area contributed by atoms with E-state index >= 15 is 0 Å². The molecule has 5 rings (SSSR count). The first-order valence-electron chi connectivity index (χ1n) is 10.0. The molecule has 0 amide bonds. The number of β-amino-alcohol motifs (C(OH)–C–C–N with tert-alkyl or cyclic N) is 1. The van der Waals surface area contributed by atoms with E-state index in [1.165, 1.54) is 0 Å². The number of methoxy groups -OCH3 is 2. The minimum absolute atomic E-state index is 0.374. The van der Waals surface area contributed by atoms with Crippen LogP contribution in [-0.2, 0) is 5.72 Å². The van der Waals surface area contributed by atoms with Gasteiger partial charge in [-0.3, -0.25) is 0 Å². The maximum Gasteiger partial charge on any atom is 0.316 e. The molecule has 0 saturated carbocycles. The number of aliphatic hydroxyl groups is 1. The second kappa shape index (κ2) is 7.59. The predicted octanol–water partition coefficient (Wildman–Crippen LogP) is 2.65. The van der Waals surface area contributed by atoms with Gasteiger partial charge in [-0.15, -0.1) is 0 Å². The van der Waals surface area contributed by atoms with E-state index in [1.54, 1.807) is 26.0 Å². The summed E-state index contributed by atoms with van der Waals surface area (Å²) in [6.45, 7) is 2.20. The Kier molecular flexibility index (Phi) is 4.91. The van der Waals surface area contributed by atoms with Crippen molar-refractivity contribution in [1.29, 1.82) is 0 Å². The number of benzene rings is 2. The molecular formula is C22H25N2O5S+. The summed E-state index contributed by atoms with van der Waals surface area (Å²) in [5.41, 5.74) is 0.475. The molecule has 3 aliphatic rings. The van der Waals surface area contributed by atoms with Gasteiger partial charge >= 0.3 is 5.17 Å². The first-order chi connectivity index (χ1) is 14.6. The largest absolute Gasteiger partial charge is 0.497 e. The van der Waals surface area contributed by atoms with E-state index in [9.17, 15) is 5.11 Å². The Morgan fingerprint density at radius 1 is 1.07 bits per heavy atom. The molecule has 1 N–H and O–H groups in total. The van der Waals surface area contributed by atoms with Crippen molar-refractivity contribution >= 4 is 22.6 Å². The third kappa shape index (κ3) is 3.06. The maximum atomic E-state index is 12.0. The van der Waals surface area contributed by atoms with Crippen LogP contribution in [0.2, 0.25) is 0 Å². The van der Waals surface area contributed by atoms with Gasteiger partial charge < -0.3 is 24.1 Å². The average Bonchev–Trinajstić information content (AvgIpc) is 3.12. The number of hydrogen-bond acceptors (Lipinski definition) is 7. The van der Waals surface area contributed by atoms with Gasteiger partial charge in [-0.2, -0.15) is 0 Å². The van der Waals surface area contributed by atoms with E-state index in [1.807, 2.05) is 36.4 Å². The lowest BCUT2D eigenvalue weighted by molar-refractivity contribution is -0.656. The van der Waals surface area contributed by atoms with Gasteiger partial charge in [0.15, 0.2) is 29.5 Å². The number of ether oxygens (including phenoxy) is 4. The van der Waals surface area contributed by atoms with Crippen LogP contribution in [-0.4, -0.2) is 61.1 Å². The molecule has 2 aromatic rings. The third-order valence-electron chi connectivity index (χ3n) is 5.73. The molecule has 1 atom stereocenters. The van der Waals surface area contributed by atoms with Crippen LogP contribution in [0.1, 0.15) is 12.0 Å². The number of nitrogens with zero attached hydrogens (tertiary/aromatic N) is 2. The molecule has 0 radical (unpaired) electrons. The molecule has 0 bridgehead atoms. The summed E-state index contributed by atoms with van der Waals surface area (Å²) in [5, 5.41) is 13.0. The zero-order valence-electron chi connectivity index (χ0n) is 17.1. The molecule has 0 saturated heterocycles. The highest BCUT2D eigenvalue weighted by Gasteiger charge is 2.54. The highest BCUT2D eigenvalue weighted by atomic mass is 32.2. The van der Waals surface area contributed by atoms with Crippen molar-refractivity contribution in [2.75, 3.05) is 51.2 Å². The van der Waals surface area contributed by atoms with Crippen molar-refractivity contribution in [3.05, 3.63) is 42.0 Å². The lowest BCUT2D eigenvalue weighted by Gasteiger charge is -2.26. The minimum Gasteiger partial charge on any atom is -0.497 e. The molecule has 0 spiro atoms. The van der Waals surface area contributed by atoms with Crippen LogP contribution in [0.15, 0.2) is 36.4 Å². The maximum absolute atomic E-state index is 12.0. The number of rotatable bonds is 4. The van der Waals surface area contributed by atoms with Crippen molar-refractivity contribution in [3.8, 4) is 23.0 Å². The second-order valence-electron chi connectivity index (χ2n) is 7.44. The quantitative estimate of drug-likeness (QED) is 0.750. The fourth-order valence-corrected chi connectivity index (χ4v) is 5.41. The van der Waals surface area contributed by atoms with E-state index in [0.717, 1.165) is 52.4 Å². The summed E-state index contributed by atoms with van der Waals surface area (Å²) in [7, 11) is 3.31. The standard InChI is InChI=1S/C22H25N2O5S/c1-26-16-5-7-18(27-2)17(13-16)23-14-22(25,24-8-3-11-30-21(23)24)15-4-6-19-20(12-15)29-10-9-28-19/h4-7,12-13,25H,3,8-11,14H2,1-2H3/q+1/t22-/m1/s1. The van der Waals surface area contributed by atoms with Crippen LogP contribution in [0.25, 0.3) is 0 Å². The zero-order chi connectivity index (χ0) is 20.7. The number of fused-ring (bicyclic) bond motifs is 1. The molecule has 2 aromatic carbocycles. The summed E-state index contributed by atoms with van der Waals surface area (Å²) >= 11 is 1.75. The molecule has 0 fully saturated rings. The molecule has 158 valence electrons. The van der Waals surface area contributed by atoms with Crippen LogP contribution < -0.4 is 23.8 Å². The Balaban J connectivity index is 1.60. The Morgan fingerprint density at radius 2 is 1.90 bits per heavy atom. The topological polar surface area (TPSA) is 63.4 Å². The molecule has 30 heavy (non-hydrogen) atoms. The number of hydrogen-bond donors (Lipinski definition) is 1. The van der Waals surface area contributed by atoms with Gasteiger partial charge in [0.05, 0.1) is 20.8 Å². The van der Waals surface area contributed by atoms with Gasteiger partial charge in [0, 0.05) is 17.4 Å². The normalized spacial score (nSPS) is 22.7.